The zero-order valence-electron chi connectivity index (χ0n) is 9.05. The van der Waals surface area contributed by atoms with Crippen LogP contribution in [0.2, 0.25) is 0 Å². The first-order valence-electron chi connectivity index (χ1n) is 5.82. The van der Waals surface area contributed by atoms with Crippen molar-refractivity contribution in [2.45, 2.75) is 31.6 Å². The van der Waals surface area contributed by atoms with E-state index >= 15 is 0 Å². The quantitative estimate of drug-likeness (QED) is 0.768. The van der Waals surface area contributed by atoms with Gasteiger partial charge >= 0.3 is 0 Å². The first-order chi connectivity index (χ1) is 7.74. The highest BCUT2D eigenvalue weighted by molar-refractivity contribution is 5.79. The van der Waals surface area contributed by atoms with E-state index in [1.54, 1.807) is 6.07 Å². The second-order valence-corrected chi connectivity index (χ2v) is 4.70. The minimum Gasteiger partial charge on any atom is -0.355 e. The van der Waals surface area contributed by atoms with Gasteiger partial charge in [0.25, 0.3) is 0 Å². The van der Waals surface area contributed by atoms with Gasteiger partial charge in [-0.25, -0.2) is 4.39 Å². The molecule has 0 bridgehead atoms. The number of carbonyl (C=O) groups excluding carboxylic acids is 1. The third-order valence-corrected chi connectivity index (χ3v) is 3.63. The largest absolute Gasteiger partial charge is 0.355 e. The van der Waals surface area contributed by atoms with Crippen LogP contribution < -0.4 is 5.32 Å². The van der Waals surface area contributed by atoms with Crippen LogP contribution in [-0.2, 0) is 17.6 Å². The number of hydrogen-bond donors (Lipinski definition) is 1. The fourth-order valence-corrected chi connectivity index (χ4v) is 2.75. The van der Waals surface area contributed by atoms with Crippen LogP contribution in [0.5, 0.6) is 0 Å². The van der Waals surface area contributed by atoms with Gasteiger partial charge in [-0.2, -0.15) is 0 Å². The molecule has 1 N–H and O–H groups in total. The highest BCUT2D eigenvalue weighted by atomic mass is 19.1. The Morgan fingerprint density at radius 3 is 2.69 bits per heavy atom. The number of amides is 1. The van der Waals surface area contributed by atoms with Crippen molar-refractivity contribution in [1.82, 2.24) is 5.32 Å². The topological polar surface area (TPSA) is 29.1 Å². The molecule has 1 aromatic carbocycles. The zero-order chi connectivity index (χ0) is 11.1. The van der Waals surface area contributed by atoms with Crippen LogP contribution >= 0.6 is 0 Å². The summed E-state index contributed by atoms with van der Waals surface area (Å²) in [4.78, 5) is 11.1. The van der Waals surface area contributed by atoms with E-state index in [-0.39, 0.29) is 17.6 Å². The van der Waals surface area contributed by atoms with E-state index in [1.165, 1.54) is 5.56 Å². The average molecular weight is 219 g/mol. The summed E-state index contributed by atoms with van der Waals surface area (Å²) in [6, 6.07) is 3.64. The molecule has 1 aromatic rings. The number of halogens is 1. The molecule has 3 rings (SSSR count). The predicted molar refractivity (Wildman–Crippen MR) is 58.8 cm³/mol. The van der Waals surface area contributed by atoms with Gasteiger partial charge in [-0.1, -0.05) is 6.07 Å². The molecule has 84 valence electrons. The normalized spacial score (nSPS) is 23.3. The second kappa shape index (κ2) is 3.58. The van der Waals surface area contributed by atoms with Crippen LogP contribution in [0.3, 0.4) is 0 Å². The minimum atomic E-state index is -0.137. The minimum absolute atomic E-state index is 0.0263. The van der Waals surface area contributed by atoms with Gasteiger partial charge in [0, 0.05) is 18.9 Å². The van der Waals surface area contributed by atoms with Crippen molar-refractivity contribution in [3.8, 4) is 0 Å². The van der Waals surface area contributed by atoms with Gasteiger partial charge in [0.1, 0.15) is 5.82 Å². The van der Waals surface area contributed by atoms with E-state index in [0.717, 1.165) is 30.4 Å². The number of rotatable bonds is 1. The fourth-order valence-electron chi connectivity index (χ4n) is 2.75. The molecule has 3 heteroatoms. The third-order valence-electron chi connectivity index (χ3n) is 3.63. The lowest BCUT2D eigenvalue weighted by Gasteiger charge is -2.11. The van der Waals surface area contributed by atoms with Crippen molar-refractivity contribution in [2.24, 2.45) is 0 Å². The highest BCUT2D eigenvalue weighted by Crippen LogP contribution is 2.31. The van der Waals surface area contributed by atoms with Crippen molar-refractivity contribution in [3.63, 3.8) is 0 Å². The van der Waals surface area contributed by atoms with Gasteiger partial charge in [0.05, 0.1) is 0 Å². The van der Waals surface area contributed by atoms with Gasteiger partial charge in [-0.3, -0.25) is 4.79 Å². The van der Waals surface area contributed by atoms with Crippen LogP contribution in [0.25, 0.3) is 0 Å². The first-order valence-corrected chi connectivity index (χ1v) is 5.82. The third kappa shape index (κ3) is 1.51. The lowest BCUT2D eigenvalue weighted by molar-refractivity contribution is -0.119. The molecular formula is C13H14FNO. The van der Waals surface area contributed by atoms with Crippen molar-refractivity contribution in [1.29, 1.82) is 0 Å². The maximum atomic E-state index is 13.9. The highest BCUT2D eigenvalue weighted by Gasteiger charge is 2.27. The summed E-state index contributed by atoms with van der Waals surface area (Å²) in [7, 11) is 0. The number of carbonyl (C=O) groups is 1. The molecular weight excluding hydrogens is 205 g/mol. The van der Waals surface area contributed by atoms with Crippen molar-refractivity contribution >= 4 is 5.91 Å². The number of fused-ring (bicyclic) bond motifs is 1. The van der Waals surface area contributed by atoms with Gasteiger partial charge in [-0.15, -0.1) is 0 Å². The van der Waals surface area contributed by atoms with Gasteiger partial charge in [0.2, 0.25) is 5.91 Å². The summed E-state index contributed by atoms with van der Waals surface area (Å²) in [6.07, 6.45) is 3.60. The van der Waals surface area contributed by atoms with Crippen LogP contribution in [-0.4, -0.2) is 12.5 Å². The molecule has 1 aliphatic carbocycles. The summed E-state index contributed by atoms with van der Waals surface area (Å²) in [5, 5.41) is 2.76. The van der Waals surface area contributed by atoms with Crippen LogP contribution in [0.4, 0.5) is 4.39 Å². The molecule has 1 heterocycles. The van der Waals surface area contributed by atoms with E-state index < -0.39 is 0 Å². The van der Waals surface area contributed by atoms with E-state index in [9.17, 15) is 9.18 Å². The Kier molecular flexibility index (Phi) is 2.20. The Bertz CT molecular complexity index is 455. The summed E-state index contributed by atoms with van der Waals surface area (Å²) in [5.74, 6) is -0.0783. The number of benzene rings is 1. The summed E-state index contributed by atoms with van der Waals surface area (Å²) in [5.41, 5.74) is 3.15. The van der Waals surface area contributed by atoms with E-state index in [1.807, 2.05) is 6.07 Å². The maximum Gasteiger partial charge on any atom is 0.220 e. The van der Waals surface area contributed by atoms with E-state index in [4.69, 9.17) is 0 Å². The van der Waals surface area contributed by atoms with Crippen LogP contribution in [0.1, 0.15) is 35.4 Å². The van der Waals surface area contributed by atoms with Gasteiger partial charge in [0.15, 0.2) is 0 Å². The summed E-state index contributed by atoms with van der Waals surface area (Å²) in [6.45, 7) is 0.578. The molecule has 2 aliphatic rings. The molecule has 0 saturated carbocycles. The van der Waals surface area contributed by atoms with Crippen molar-refractivity contribution in [3.05, 3.63) is 34.6 Å². The molecule has 0 aromatic heterocycles. The molecule has 1 fully saturated rings. The molecule has 1 amide bonds. The van der Waals surface area contributed by atoms with Crippen molar-refractivity contribution < 1.29 is 9.18 Å². The maximum absolute atomic E-state index is 13.9. The van der Waals surface area contributed by atoms with Gasteiger partial charge in [-0.05, 0) is 42.0 Å². The number of hydrogen-bond acceptors (Lipinski definition) is 1. The summed E-state index contributed by atoms with van der Waals surface area (Å²) >= 11 is 0. The monoisotopic (exact) mass is 219 g/mol. The van der Waals surface area contributed by atoms with Gasteiger partial charge < -0.3 is 5.32 Å². The Morgan fingerprint density at radius 1 is 1.25 bits per heavy atom. The standard InChI is InChI=1S/C13H14FNO/c14-12-5-9-3-1-2-8(9)4-11(12)10-6-13(16)15-7-10/h4-5,10H,1-3,6-7H2,(H,15,16). The second-order valence-electron chi connectivity index (χ2n) is 4.70. The Balaban J connectivity index is 1.98. The number of nitrogens with one attached hydrogen (secondary N) is 1. The zero-order valence-corrected chi connectivity index (χ0v) is 9.05. The van der Waals surface area contributed by atoms with Crippen molar-refractivity contribution in [2.75, 3.05) is 6.54 Å². The average Bonchev–Trinajstić information content (AvgIpc) is 2.84. The molecule has 0 radical (unpaired) electrons. The first kappa shape index (κ1) is 9.82. The Morgan fingerprint density at radius 2 is 2.00 bits per heavy atom. The van der Waals surface area contributed by atoms with Crippen LogP contribution in [0, 0.1) is 5.82 Å². The smallest absolute Gasteiger partial charge is 0.220 e. The van der Waals surface area contributed by atoms with E-state index in [2.05, 4.69) is 5.32 Å². The molecule has 1 saturated heterocycles. The molecule has 2 nitrogen and oxygen atoms in total. The predicted octanol–water partition coefficient (Wildman–Crippen LogP) is 1.92. The molecule has 1 aliphatic heterocycles. The fraction of sp³-hybridized carbons (Fsp3) is 0.462. The Hall–Kier alpha value is -1.38. The van der Waals surface area contributed by atoms with E-state index in [0.29, 0.717) is 13.0 Å². The SMILES string of the molecule is O=C1CC(c2cc3c(cc2F)CCC3)CN1. The molecule has 0 spiro atoms. The molecule has 1 atom stereocenters. The summed E-state index contributed by atoms with van der Waals surface area (Å²) < 4.78 is 13.9. The molecule has 1 unspecified atom stereocenters. The lowest BCUT2D eigenvalue weighted by Crippen LogP contribution is -2.13. The lowest BCUT2D eigenvalue weighted by atomic mass is 9.94. The number of aryl methyl sites for hydroxylation is 2. The Labute approximate surface area is 93.9 Å². The van der Waals surface area contributed by atoms with Crippen LogP contribution in [0.15, 0.2) is 12.1 Å². The molecule has 16 heavy (non-hydrogen) atoms.